The van der Waals surface area contributed by atoms with Crippen LogP contribution in [0.15, 0.2) is 48.7 Å². The Bertz CT molecular complexity index is 1160. The summed E-state index contributed by atoms with van der Waals surface area (Å²) in [6.45, 7) is 5.79. The predicted molar refractivity (Wildman–Crippen MR) is 137 cm³/mol. The van der Waals surface area contributed by atoms with E-state index in [1.807, 2.05) is 36.4 Å². The smallest absolute Gasteiger partial charge is 0.320 e. The predicted octanol–water partition coefficient (Wildman–Crippen LogP) is 3.91. The summed E-state index contributed by atoms with van der Waals surface area (Å²) in [6.07, 6.45) is 2.37. The zero-order valence-electron chi connectivity index (χ0n) is 20.7. The highest BCUT2D eigenvalue weighted by Crippen LogP contribution is 2.37. The molecule has 0 saturated carbocycles. The number of hydrogen-bond donors (Lipinski definition) is 1. The van der Waals surface area contributed by atoms with Gasteiger partial charge >= 0.3 is 6.03 Å². The van der Waals surface area contributed by atoms with E-state index in [2.05, 4.69) is 28.8 Å². The number of benzene rings is 2. The van der Waals surface area contributed by atoms with Crippen LogP contribution >= 0.6 is 0 Å². The fraction of sp³-hybridized carbons (Fsp3) is 0.385. The van der Waals surface area contributed by atoms with Crippen molar-refractivity contribution in [3.8, 4) is 23.0 Å². The Morgan fingerprint density at radius 3 is 2.29 bits per heavy atom. The van der Waals surface area contributed by atoms with Crippen molar-refractivity contribution in [3.05, 3.63) is 48.7 Å². The molecular formula is C26H33N5O4. The summed E-state index contributed by atoms with van der Waals surface area (Å²) in [5.41, 5.74) is 7.31. The van der Waals surface area contributed by atoms with E-state index in [1.54, 1.807) is 31.4 Å². The van der Waals surface area contributed by atoms with E-state index in [4.69, 9.17) is 19.9 Å². The van der Waals surface area contributed by atoms with Crippen molar-refractivity contribution in [1.29, 1.82) is 0 Å². The van der Waals surface area contributed by atoms with Crippen molar-refractivity contribution in [2.75, 3.05) is 52.3 Å². The Balaban J connectivity index is 1.58. The molecule has 1 fully saturated rings. The Hall–Kier alpha value is -3.56. The molecule has 0 spiro atoms. The second kappa shape index (κ2) is 10.8. The first-order chi connectivity index (χ1) is 16.9. The van der Waals surface area contributed by atoms with Crippen LogP contribution in [-0.4, -0.2) is 74.4 Å². The van der Waals surface area contributed by atoms with Gasteiger partial charge in [0.25, 0.3) is 0 Å². The minimum absolute atomic E-state index is 0.0976. The maximum absolute atomic E-state index is 12.5. The summed E-state index contributed by atoms with van der Waals surface area (Å²) in [5, 5.41) is 0.800. The minimum Gasteiger partial charge on any atom is -0.493 e. The molecule has 1 aliphatic heterocycles. The van der Waals surface area contributed by atoms with Crippen LogP contribution in [0.2, 0.25) is 0 Å². The van der Waals surface area contributed by atoms with Gasteiger partial charge in [0.1, 0.15) is 11.5 Å². The van der Waals surface area contributed by atoms with Crippen LogP contribution in [-0.2, 0) is 0 Å². The third kappa shape index (κ3) is 5.26. The van der Waals surface area contributed by atoms with Crippen LogP contribution < -0.4 is 24.8 Å². The molecule has 186 valence electrons. The number of nitrogens with two attached hydrogens (primary N) is 1. The zero-order chi connectivity index (χ0) is 24.9. The van der Waals surface area contributed by atoms with Gasteiger partial charge < -0.3 is 24.8 Å². The summed E-state index contributed by atoms with van der Waals surface area (Å²) < 4.78 is 17.0. The van der Waals surface area contributed by atoms with Crippen molar-refractivity contribution >= 4 is 22.6 Å². The van der Waals surface area contributed by atoms with Gasteiger partial charge in [0.2, 0.25) is 0 Å². The standard InChI is InChI=1S/C26H33N5O4/c1-5-25(30-14-12-29(2)13-15-30)31(26(27)32)18-6-8-19(9-7-18)35-22-10-11-28-21-17-24(34-4)23(33-3)16-20(21)22/h6-11,16-17,25H,5,12-15H2,1-4H3,(H2,27,32). The molecule has 9 heteroatoms. The van der Waals surface area contributed by atoms with E-state index >= 15 is 0 Å². The SMILES string of the molecule is CCC(N1CCN(C)CC1)N(C(N)=O)c1ccc(Oc2ccnc3cc(OC)c(OC)cc23)cc1. The van der Waals surface area contributed by atoms with Gasteiger partial charge in [0.05, 0.1) is 25.9 Å². The molecule has 1 unspecified atom stereocenters. The Morgan fingerprint density at radius 2 is 1.69 bits per heavy atom. The molecule has 2 N–H and O–H groups in total. The first kappa shape index (κ1) is 24.6. The van der Waals surface area contributed by atoms with Crippen molar-refractivity contribution < 1.29 is 19.0 Å². The first-order valence-corrected chi connectivity index (χ1v) is 11.7. The number of primary amides is 1. The molecule has 0 radical (unpaired) electrons. The molecular weight excluding hydrogens is 446 g/mol. The van der Waals surface area contributed by atoms with Crippen LogP contribution in [0.4, 0.5) is 10.5 Å². The molecule has 1 atom stereocenters. The number of amides is 2. The van der Waals surface area contributed by atoms with Crippen molar-refractivity contribution in [2.24, 2.45) is 5.73 Å². The third-order valence-electron chi connectivity index (χ3n) is 6.41. The average Bonchev–Trinajstić information content (AvgIpc) is 2.87. The third-order valence-corrected chi connectivity index (χ3v) is 6.41. The average molecular weight is 480 g/mol. The van der Waals surface area contributed by atoms with Gasteiger partial charge in [0.15, 0.2) is 11.5 Å². The number of aromatic nitrogens is 1. The number of piperazine rings is 1. The first-order valence-electron chi connectivity index (χ1n) is 11.7. The lowest BCUT2D eigenvalue weighted by molar-refractivity contribution is 0.109. The number of likely N-dealkylation sites (N-methyl/N-ethyl adjacent to an activating group) is 1. The summed E-state index contributed by atoms with van der Waals surface area (Å²) >= 11 is 0. The van der Waals surface area contributed by atoms with E-state index in [-0.39, 0.29) is 6.17 Å². The number of rotatable bonds is 8. The lowest BCUT2D eigenvalue weighted by Gasteiger charge is -2.42. The minimum atomic E-state index is -0.467. The fourth-order valence-electron chi connectivity index (χ4n) is 4.51. The quantitative estimate of drug-likeness (QED) is 0.523. The number of carbonyl (C=O) groups excluding carboxylic acids is 1. The summed E-state index contributed by atoms with van der Waals surface area (Å²) in [5.74, 6) is 2.47. The molecule has 1 aliphatic rings. The van der Waals surface area contributed by atoms with E-state index in [1.165, 1.54) is 0 Å². The molecule has 9 nitrogen and oxygen atoms in total. The van der Waals surface area contributed by atoms with Gasteiger partial charge in [-0.2, -0.15) is 0 Å². The van der Waals surface area contributed by atoms with Gasteiger partial charge in [-0.25, -0.2) is 4.79 Å². The second-order valence-electron chi connectivity index (χ2n) is 8.57. The van der Waals surface area contributed by atoms with Crippen LogP contribution in [0.3, 0.4) is 0 Å². The number of ether oxygens (including phenoxy) is 3. The maximum atomic E-state index is 12.5. The van der Waals surface area contributed by atoms with Gasteiger partial charge in [-0.15, -0.1) is 0 Å². The number of methoxy groups -OCH3 is 2. The lowest BCUT2D eigenvalue weighted by Crippen LogP contribution is -2.57. The molecule has 35 heavy (non-hydrogen) atoms. The molecule has 1 aromatic heterocycles. The molecule has 0 aliphatic carbocycles. The van der Waals surface area contributed by atoms with Gasteiger partial charge in [-0.1, -0.05) is 6.92 Å². The maximum Gasteiger partial charge on any atom is 0.320 e. The normalized spacial score (nSPS) is 15.5. The second-order valence-corrected chi connectivity index (χ2v) is 8.57. The van der Waals surface area contributed by atoms with E-state index in [0.29, 0.717) is 23.0 Å². The summed E-state index contributed by atoms with van der Waals surface area (Å²) in [6, 6.07) is 12.4. The highest BCUT2D eigenvalue weighted by Gasteiger charge is 2.29. The number of pyridine rings is 1. The van der Waals surface area contributed by atoms with Crippen LogP contribution in [0, 0.1) is 0 Å². The largest absolute Gasteiger partial charge is 0.493 e. The lowest BCUT2D eigenvalue weighted by atomic mass is 10.1. The Labute approximate surface area is 206 Å². The number of carbonyl (C=O) groups is 1. The van der Waals surface area contributed by atoms with Crippen LogP contribution in [0.1, 0.15) is 13.3 Å². The molecule has 3 aromatic rings. The Kier molecular flexibility index (Phi) is 7.57. The number of fused-ring (bicyclic) bond motifs is 1. The summed E-state index contributed by atoms with van der Waals surface area (Å²) in [4.78, 5) is 23.2. The highest BCUT2D eigenvalue weighted by atomic mass is 16.5. The van der Waals surface area contributed by atoms with Crippen molar-refractivity contribution in [1.82, 2.24) is 14.8 Å². The molecule has 2 aromatic carbocycles. The zero-order valence-corrected chi connectivity index (χ0v) is 20.7. The van der Waals surface area contributed by atoms with E-state index in [9.17, 15) is 4.79 Å². The number of hydrogen-bond acceptors (Lipinski definition) is 7. The van der Waals surface area contributed by atoms with E-state index in [0.717, 1.165) is 49.2 Å². The molecule has 2 amide bonds. The van der Waals surface area contributed by atoms with Crippen LogP contribution in [0.25, 0.3) is 10.9 Å². The number of anilines is 1. The fourth-order valence-corrected chi connectivity index (χ4v) is 4.51. The molecule has 0 bridgehead atoms. The van der Waals surface area contributed by atoms with Gasteiger partial charge in [0, 0.05) is 49.5 Å². The topological polar surface area (TPSA) is 93.4 Å². The van der Waals surface area contributed by atoms with Gasteiger partial charge in [-0.3, -0.25) is 14.8 Å². The number of urea groups is 1. The Morgan fingerprint density at radius 1 is 1.03 bits per heavy atom. The van der Waals surface area contributed by atoms with Crippen molar-refractivity contribution in [3.63, 3.8) is 0 Å². The molecule has 1 saturated heterocycles. The molecule has 2 heterocycles. The van der Waals surface area contributed by atoms with E-state index < -0.39 is 6.03 Å². The van der Waals surface area contributed by atoms with Gasteiger partial charge in [-0.05, 0) is 49.9 Å². The summed E-state index contributed by atoms with van der Waals surface area (Å²) in [7, 11) is 5.30. The highest BCUT2D eigenvalue weighted by molar-refractivity contribution is 5.91. The van der Waals surface area contributed by atoms with Crippen molar-refractivity contribution in [2.45, 2.75) is 19.5 Å². The van der Waals surface area contributed by atoms with Crippen LogP contribution in [0.5, 0.6) is 23.0 Å². The molecule has 4 rings (SSSR count). The number of nitrogens with zero attached hydrogens (tertiary/aromatic N) is 4. The monoisotopic (exact) mass is 479 g/mol.